The number of amides is 3. The van der Waals surface area contributed by atoms with Crippen molar-refractivity contribution < 1.29 is 33.4 Å². The van der Waals surface area contributed by atoms with E-state index in [0.29, 0.717) is 61.3 Å². The average molecular weight is 758 g/mol. The van der Waals surface area contributed by atoms with Gasteiger partial charge < -0.3 is 39.4 Å². The van der Waals surface area contributed by atoms with E-state index in [1.165, 1.54) is 12.8 Å². The first-order chi connectivity index (χ1) is 26.4. The molecule has 3 N–H and O–H groups in total. The van der Waals surface area contributed by atoms with Crippen LogP contribution in [0.4, 0.5) is 16.4 Å². The maximum absolute atomic E-state index is 13.9. The number of aliphatic hydroxyl groups excluding tert-OH is 1. The van der Waals surface area contributed by atoms with Gasteiger partial charge >= 0.3 is 6.09 Å². The van der Waals surface area contributed by atoms with Crippen molar-refractivity contribution in [2.24, 2.45) is 5.92 Å². The standard InChI is InChI=1S/C41H55N7O7/c1-26-35(54-25-43-26)24-53-32-13-12-28-19-33(48(23-30(28)18-32)40(52)55-41(2,3)4)34(49)22-42-38(50)29-20-36(44-31-8-6-5-7-9-31)45-37(21-29)46-14-16-47(17-15-46)39(51)27-10-11-27/h12-13,18,20-21,25,27,31,33-34,49H,5-11,14-17,19,22-24H2,1-4H3,(H,42,50)(H,44,45)/t33-,34+/m0/s1. The first kappa shape index (κ1) is 38.4. The van der Waals surface area contributed by atoms with Crippen LogP contribution in [-0.4, -0.2) is 99.3 Å². The Morgan fingerprint density at radius 2 is 1.76 bits per heavy atom. The molecule has 2 aromatic heterocycles. The fourth-order valence-electron chi connectivity index (χ4n) is 7.67. The summed E-state index contributed by atoms with van der Waals surface area (Å²) in [6, 6.07) is 8.91. The molecule has 14 nitrogen and oxygen atoms in total. The fraction of sp³-hybridized carbons (Fsp3) is 0.585. The van der Waals surface area contributed by atoms with Gasteiger partial charge in [-0.15, -0.1) is 0 Å². The number of pyridine rings is 1. The Kier molecular flexibility index (Phi) is 11.5. The molecule has 296 valence electrons. The van der Waals surface area contributed by atoms with Crippen LogP contribution < -0.4 is 20.3 Å². The second-order valence-electron chi connectivity index (χ2n) is 16.4. The number of hydrogen-bond donors (Lipinski definition) is 3. The summed E-state index contributed by atoms with van der Waals surface area (Å²) in [7, 11) is 0. The van der Waals surface area contributed by atoms with Crippen LogP contribution in [-0.2, 0) is 29.1 Å². The number of rotatable bonds is 11. The fourth-order valence-corrected chi connectivity index (χ4v) is 7.67. The van der Waals surface area contributed by atoms with Gasteiger partial charge in [0.05, 0.1) is 17.8 Å². The molecule has 0 spiro atoms. The highest BCUT2D eigenvalue weighted by atomic mass is 16.6. The lowest BCUT2D eigenvalue weighted by Crippen LogP contribution is -2.54. The molecule has 2 atom stereocenters. The molecule has 7 rings (SSSR count). The van der Waals surface area contributed by atoms with Crippen LogP contribution >= 0.6 is 0 Å². The van der Waals surface area contributed by atoms with Gasteiger partial charge in [-0.2, -0.15) is 0 Å². The van der Waals surface area contributed by atoms with Crippen molar-refractivity contribution in [2.75, 3.05) is 42.9 Å². The van der Waals surface area contributed by atoms with E-state index in [-0.39, 0.29) is 43.5 Å². The molecule has 0 bridgehead atoms. The molecule has 3 aromatic rings. The van der Waals surface area contributed by atoms with Crippen LogP contribution in [0.15, 0.2) is 41.1 Å². The normalized spacial score (nSPS) is 19.7. The third-order valence-electron chi connectivity index (χ3n) is 11.0. The number of ether oxygens (including phenoxy) is 2. The van der Waals surface area contributed by atoms with Crippen LogP contribution in [0.25, 0.3) is 0 Å². The van der Waals surface area contributed by atoms with Gasteiger partial charge in [-0.1, -0.05) is 25.3 Å². The highest BCUT2D eigenvalue weighted by Gasteiger charge is 2.38. The van der Waals surface area contributed by atoms with Gasteiger partial charge in [0, 0.05) is 56.8 Å². The largest absolute Gasteiger partial charge is 0.486 e. The number of oxazole rings is 1. The minimum Gasteiger partial charge on any atom is -0.486 e. The van der Waals surface area contributed by atoms with E-state index >= 15 is 0 Å². The van der Waals surface area contributed by atoms with Crippen LogP contribution in [0.1, 0.15) is 98.7 Å². The molecular formula is C41H55N7O7. The average Bonchev–Trinajstić information content (AvgIpc) is 3.95. The van der Waals surface area contributed by atoms with Crippen molar-refractivity contribution in [3.8, 4) is 5.75 Å². The first-order valence-electron chi connectivity index (χ1n) is 19.8. The van der Waals surface area contributed by atoms with Crippen LogP contribution in [0.5, 0.6) is 5.75 Å². The minimum atomic E-state index is -1.09. The Bertz CT molecular complexity index is 1840. The second kappa shape index (κ2) is 16.5. The first-order valence-corrected chi connectivity index (χ1v) is 19.8. The number of anilines is 2. The molecule has 4 heterocycles. The van der Waals surface area contributed by atoms with Crippen LogP contribution in [0.2, 0.25) is 0 Å². The Balaban J connectivity index is 1.05. The minimum absolute atomic E-state index is 0.0825. The summed E-state index contributed by atoms with van der Waals surface area (Å²) in [5.41, 5.74) is 2.29. The van der Waals surface area contributed by atoms with Crippen molar-refractivity contribution in [2.45, 2.75) is 116 Å². The van der Waals surface area contributed by atoms with Crippen molar-refractivity contribution in [3.05, 3.63) is 64.9 Å². The molecule has 14 heteroatoms. The number of aliphatic hydroxyl groups is 1. The number of piperazine rings is 1. The maximum atomic E-state index is 13.9. The zero-order chi connectivity index (χ0) is 38.7. The van der Waals surface area contributed by atoms with Gasteiger partial charge in [0.1, 0.15) is 29.6 Å². The number of nitrogens with one attached hydrogen (secondary N) is 2. The monoisotopic (exact) mass is 757 g/mol. The van der Waals surface area contributed by atoms with E-state index in [4.69, 9.17) is 18.9 Å². The quantitative estimate of drug-likeness (QED) is 0.235. The van der Waals surface area contributed by atoms with Gasteiger partial charge in [-0.05, 0) is 95.2 Å². The van der Waals surface area contributed by atoms with Crippen molar-refractivity contribution in [1.29, 1.82) is 0 Å². The van der Waals surface area contributed by atoms with Gasteiger partial charge in [-0.25, -0.2) is 14.8 Å². The molecule has 4 aliphatic rings. The Morgan fingerprint density at radius 1 is 1.00 bits per heavy atom. The van der Waals surface area contributed by atoms with Crippen LogP contribution in [0, 0.1) is 12.8 Å². The predicted octanol–water partition coefficient (Wildman–Crippen LogP) is 5.21. The zero-order valence-electron chi connectivity index (χ0n) is 32.5. The Hall–Kier alpha value is -4.85. The molecule has 3 fully saturated rings. The molecule has 3 amide bonds. The number of benzene rings is 1. The lowest BCUT2D eigenvalue weighted by atomic mass is 9.91. The maximum Gasteiger partial charge on any atom is 0.410 e. The number of carbonyl (C=O) groups excluding carboxylic acids is 3. The van der Waals surface area contributed by atoms with E-state index in [9.17, 15) is 19.5 Å². The number of carbonyl (C=O) groups is 3. The number of hydrogen-bond acceptors (Lipinski definition) is 11. The highest BCUT2D eigenvalue weighted by Crippen LogP contribution is 2.33. The molecule has 0 radical (unpaired) electrons. The van der Waals surface area contributed by atoms with E-state index in [1.54, 1.807) is 37.8 Å². The van der Waals surface area contributed by atoms with E-state index in [0.717, 1.165) is 55.3 Å². The summed E-state index contributed by atoms with van der Waals surface area (Å²) >= 11 is 0. The predicted molar refractivity (Wildman–Crippen MR) is 206 cm³/mol. The van der Waals surface area contributed by atoms with Gasteiger partial charge in [-0.3, -0.25) is 14.5 Å². The van der Waals surface area contributed by atoms with Gasteiger partial charge in [0.25, 0.3) is 5.91 Å². The lowest BCUT2D eigenvalue weighted by Gasteiger charge is -2.40. The zero-order valence-corrected chi connectivity index (χ0v) is 32.5. The van der Waals surface area contributed by atoms with Crippen molar-refractivity contribution in [3.63, 3.8) is 0 Å². The lowest BCUT2D eigenvalue weighted by molar-refractivity contribution is -0.132. The molecule has 2 aliphatic heterocycles. The number of aryl methyl sites for hydroxylation is 1. The Labute approximate surface area is 322 Å². The SMILES string of the molecule is Cc1ncoc1COc1ccc2c(c1)CN(C(=O)OC(C)(C)C)[C@H]([C@H](O)CNC(=O)c1cc(NC3CCCCC3)nc(N3CCN(C(=O)C4CC4)CC3)c1)C2. The molecule has 1 saturated heterocycles. The summed E-state index contributed by atoms with van der Waals surface area (Å²) in [5, 5.41) is 18.2. The smallest absolute Gasteiger partial charge is 0.410 e. The number of fused-ring (bicyclic) bond motifs is 1. The highest BCUT2D eigenvalue weighted by molar-refractivity contribution is 5.95. The summed E-state index contributed by atoms with van der Waals surface area (Å²) in [6.45, 7) is 10.1. The Morgan fingerprint density at radius 3 is 2.45 bits per heavy atom. The third-order valence-corrected chi connectivity index (χ3v) is 11.0. The van der Waals surface area contributed by atoms with Crippen molar-refractivity contribution in [1.82, 2.24) is 25.1 Å². The molecule has 2 aliphatic carbocycles. The van der Waals surface area contributed by atoms with E-state index in [2.05, 4.69) is 20.5 Å². The van der Waals surface area contributed by atoms with E-state index < -0.39 is 23.8 Å². The molecule has 55 heavy (non-hydrogen) atoms. The third kappa shape index (κ3) is 9.70. The number of nitrogens with zero attached hydrogens (tertiary/aromatic N) is 5. The molecule has 2 saturated carbocycles. The van der Waals surface area contributed by atoms with Gasteiger partial charge in [0.2, 0.25) is 5.91 Å². The van der Waals surface area contributed by atoms with Crippen molar-refractivity contribution >= 4 is 29.5 Å². The molecule has 1 aromatic carbocycles. The topological polar surface area (TPSA) is 163 Å². The molecular weight excluding hydrogens is 702 g/mol. The van der Waals surface area contributed by atoms with Crippen LogP contribution in [0.3, 0.4) is 0 Å². The summed E-state index contributed by atoms with van der Waals surface area (Å²) < 4.78 is 17.2. The van der Waals surface area contributed by atoms with E-state index in [1.807, 2.05) is 30.0 Å². The summed E-state index contributed by atoms with van der Waals surface area (Å²) in [6.07, 6.45) is 7.72. The van der Waals surface area contributed by atoms with Gasteiger partial charge in [0.15, 0.2) is 12.2 Å². The molecule has 0 unspecified atom stereocenters. The number of aromatic nitrogens is 2. The summed E-state index contributed by atoms with van der Waals surface area (Å²) in [5.74, 6) is 2.67. The summed E-state index contributed by atoms with van der Waals surface area (Å²) in [4.78, 5) is 54.8. The second-order valence-corrected chi connectivity index (χ2v) is 16.4.